The van der Waals surface area contributed by atoms with Crippen LogP contribution >= 0.6 is 0 Å². The van der Waals surface area contributed by atoms with E-state index in [4.69, 9.17) is 10.5 Å². The number of hydrogen-bond donors (Lipinski definition) is 1. The van der Waals surface area contributed by atoms with Gasteiger partial charge in [0.2, 0.25) is 0 Å². The van der Waals surface area contributed by atoms with Crippen LogP contribution in [0.5, 0.6) is 5.75 Å². The van der Waals surface area contributed by atoms with Crippen LogP contribution in [0.1, 0.15) is 41.3 Å². The molecular formula is C17H19NO2. The summed E-state index contributed by atoms with van der Waals surface area (Å²) in [4.78, 5) is 12.2. The second-order valence-corrected chi connectivity index (χ2v) is 5.16. The predicted octanol–water partition coefficient (Wildman–Crippen LogP) is 3.92. The average molecular weight is 269 g/mol. The number of carbonyl (C=O) groups is 1. The maximum Gasteiger partial charge on any atom is 0.345 e. The van der Waals surface area contributed by atoms with Crippen molar-refractivity contribution in [2.24, 2.45) is 0 Å². The monoisotopic (exact) mass is 269 g/mol. The molecule has 2 aromatic carbocycles. The Labute approximate surface area is 119 Å². The molecule has 0 saturated heterocycles. The Balaban J connectivity index is 2.28. The SMILES string of the molecule is Cc1ccc(C(C)C)cc1OC(=O)c1ccccc1N. The first kappa shape index (κ1) is 14.1. The van der Waals surface area contributed by atoms with Crippen molar-refractivity contribution in [1.82, 2.24) is 0 Å². The third-order valence-corrected chi connectivity index (χ3v) is 3.26. The summed E-state index contributed by atoms with van der Waals surface area (Å²) in [5.74, 6) is 0.548. The smallest absolute Gasteiger partial charge is 0.345 e. The first-order chi connectivity index (χ1) is 9.49. The largest absolute Gasteiger partial charge is 0.423 e. The van der Waals surface area contributed by atoms with Crippen LogP contribution in [0.3, 0.4) is 0 Å². The van der Waals surface area contributed by atoms with Crippen LogP contribution in [-0.4, -0.2) is 5.97 Å². The van der Waals surface area contributed by atoms with Crippen molar-refractivity contribution >= 4 is 11.7 Å². The number of anilines is 1. The molecule has 0 saturated carbocycles. The van der Waals surface area contributed by atoms with Gasteiger partial charge in [0, 0.05) is 5.69 Å². The lowest BCUT2D eigenvalue weighted by Crippen LogP contribution is -2.12. The molecule has 20 heavy (non-hydrogen) atoms. The number of benzene rings is 2. The van der Waals surface area contributed by atoms with Crippen LogP contribution in [0, 0.1) is 6.92 Å². The second kappa shape index (κ2) is 5.78. The zero-order valence-electron chi connectivity index (χ0n) is 12.0. The highest BCUT2D eigenvalue weighted by atomic mass is 16.5. The van der Waals surface area contributed by atoms with Gasteiger partial charge in [0.05, 0.1) is 5.56 Å². The molecule has 0 aliphatic rings. The lowest BCUT2D eigenvalue weighted by Gasteiger charge is -2.12. The second-order valence-electron chi connectivity index (χ2n) is 5.16. The lowest BCUT2D eigenvalue weighted by atomic mass is 10.0. The summed E-state index contributed by atoms with van der Waals surface area (Å²) >= 11 is 0. The molecule has 0 aromatic heterocycles. The van der Waals surface area contributed by atoms with E-state index in [1.54, 1.807) is 24.3 Å². The molecule has 3 heteroatoms. The van der Waals surface area contributed by atoms with Gasteiger partial charge in [0.1, 0.15) is 5.75 Å². The Morgan fingerprint density at radius 2 is 1.85 bits per heavy atom. The minimum absolute atomic E-state index is 0.384. The van der Waals surface area contributed by atoms with Gasteiger partial charge in [-0.25, -0.2) is 4.79 Å². The van der Waals surface area contributed by atoms with Gasteiger partial charge in [-0.2, -0.15) is 0 Å². The van der Waals surface area contributed by atoms with Crippen molar-refractivity contribution in [3.05, 3.63) is 59.2 Å². The first-order valence-corrected chi connectivity index (χ1v) is 6.66. The van der Waals surface area contributed by atoms with E-state index < -0.39 is 5.97 Å². The van der Waals surface area contributed by atoms with Crippen molar-refractivity contribution in [2.75, 3.05) is 5.73 Å². The molecule has 0 fully saturated rings. The van der Waals surface area contributed by atoms with Crippen LogP contribution in [0.15, 0.2) is 42.5 Å². The maximum atomic E-state index is 12.2. The molecule has 0 unspecified atom stereocenters. The van der Waals surface area contributed by atoms with E-state index in [2.05, 4.69) is 13.8 Å². The average Bonchev–Trinajstić information content (AvgIpc) is 2.41. The molecule has 104 valence electrons. The van der Waals surface area contributed by atoms with E-state index in [1.807, 2.05) is 25.1 Å². The third kappa shape index (κ3) is 2.99. The zero-order valence-corrected chi connectivity index (χ0v) is 12.0. The molecule has 0 atom stereocenters. The van der Waals surface area contributed by atoms with Gasteiger partial charge in [0.15, 0.2) is 0 Å². The highest BCUT2D eigenvalue weighted by molar-refractivity contribution is 5.96. The third-order valence-electron chi connectivity index (χ3n) is 3.26. The Morgan fingerprint density at radius 3 is 2.50 bits per heavy atom. The predicted molar refractivity (Wildman–Crippen MR) is 81.1 cm³/mol. The quantitative estimate of drug-likeness (QED) is 0.522. The molecule has 2 N–H and O–H groups in total. The Morgan fingerprint density at radius 1 is 1.15 bits per heavy atom. The van der Waals surface area contributed by atoms with E-state index in [0.717, 1.165) is 11.1 Å². The molecule has 0 amide bonds. The number of para-hydroxylation sites is 1. The maximum absolute atomic E-state index is 12.2. The number of ether oxygens (including phenoxy) is 1. The van der Waals surface area contributed by atoms with Crippen LogP contribution in [0.4, 0.5) is 5.69 Å². The standard InChI is InChI=1S/C17H19NO2/c1-11(2)13-9-8-12(3)16(10-13)20-17(19)14-6-4-5-7-15(14)18/h4-11H,18H2,1-3H3. The van der Waals surface area contributed by atoms with E-state index >= 15 is 0 Å². The van der Waals surface area contributed by atoms with Crippen LogP contribution in [0.2, 0.25) is 0 Å². The van der Waals surface area contributed by atoms with Gasteiger partial charge in [0.25, 0.3) is 0 Å². The van der Waals surface area contributed by atoms with Crippen molar-refractivity contribution in [3.63, 3.8) is 0 Å². The van der Waals surface area contributed by atoms with Crippen LogP contribution in [-0.2, 0) is 0 Å². The van der Waals surface area contributed by atoms with Gasteiger partial charge in [-0.05, 0) is 42.2 Å². The number of rotatable bonds is 3. The van der Waals surface area contributed by atoms with E-state index in [-0.39, 0.29) is 0 Å². The molecule has 2 rings (SSSR count). The fourth-order valence-corrected chi connectivity index (χ4v) is 1.92. The summed E-state index contributed by atoms with van der Waals surface area (Å²) in [5, 5.41) is 0. The number of hydrogen-bond acceptors (Lipinski definition) is 3. The molecule has 0 spiro atoms. The topological polar surface area (TPSA) is 52.3 Å². The van der Waals surface area contributed by atoms with E-state index in [1.165, 1.54) is 0 Å². The van der Waals surface area contributed by atoms with Gasteiger partial charge < -0.3 is 10.5 Å². The summed E-state index contributed by atoms with van der Waals surface area (Å²) in [6, 6.07) is 12.8. The molecule has 0 bridgehead atoms. The minimum atomic E-state index is -0.424. The van der Waals surface area contributed by atoms with Crippen LogP contribution in [0.25, 0.3) is 0 Å². The normalized spacial score (nSPS) is 10.6. The molecule has 3 nitrogen and oxygen atoms in total. The lowest BCUT2D eigenvalue weighted by molar-refractivity contribution is 0.0734. The number of aryl methyl sites for hydroxylation is 1. The molecule has 0 heterocycles. The number of esters is 1. The summed E-state index contributed by atoms with van der Waals surface area (Å²) in [6.45, 7) is 6.12. The van der Waals surface area contributed by atoms with Gasteiger partial charge in [-0.3, -0.25) is 0 Å². The minimum Gasteiger partial charge on any atom is -0.423 e. The van der Waals surface area contributed by atoms with Gasteiger partial charge >= 0.3 is 5.97 Å². The van der Waals surface area contributed by atoms with Crippen molar-refractivity contribution in [3.8, 4) is 5.75 Å². The number of nitrogens with two attached hydrogens (primary N) is 1. The Bertz CT molecular complexity index is 633. The summed E-state index contributed by atoms with van der Waals surface area (Å²) < 4.78 is 5.48. The Hall–Kier alpha value is -2.29. The summed E-state index contributed by atoms with van der Waals surface area (Å²) in [5.41, 5.74) is 8.67. The highest BCUT2D eigenvalue weighted by Crippen LogP contribution is 2.25. The van der Waals surface area contributed by atoms with Crippen molar-refractivity contribution < 1.29 is 9.53 Å². The fourth-order valence-electron chi connectivity index (χ4n) is 1.92. The van der Waals surface area contributed by atoms with Crippen molar-refractivity contribution in [1.29, 1.82) is 0 Å². The van der Waals surface area contributed by atoms with Gasteiger partial charge in [-0.1, -0.05) is 38.1 Å². The summed E-state index contributed by atoms with van der Waals surface area (Å²) in [7, 11) is 0. The molecule has 0 aliphatic heterocycles. The molecule has 2 aromatic rings. The fraction of sp³-hybridized carbons (Fsp3) is 0.235. The number of carbonyl (C=O) groups excluding carboxylic acids is 1. The highest BCUT2D eigenvalue weighted by Gasteiger charge is 2.13. The first-order valence-electron chi connectivity index (χ1n) is 6.66. The van der Waals surface area contributed by atoms with Gasteiger partial charge in [-0.15, -0.1) is 0 Å². The van der Waals surface area contributed by atoms with E-state index in [0.29, 0.717) is 22.9 Å². The van der Waals surface area contributed by atoms with Crippen molar-refractivity contribution in [2.45, 2.75) is 26.7 Å². The summed E-state index contributed by atoms with van der Waals surface area (Å²) in [6.07, 6.45) is 0. The van der Waals surface area contributed by atoms with Crippen LogP contribution < -0.4 is 10.5 Å². The van der Waals surface area contributed by atoms with E-state index in [9.17, 15) is 4.79 Å². The Kier molecular flexibility index (Phi) is 4.08. The molecular weight excluding hydrogens is 250 g/mol. The number of nitrogen functional groups attached to an aromatic ring is 1. The molecule has 0 aliphatic carbocycles. The molecule has 0 radical (unpaired) electrons. The zero-order chi connectivity index (χ0) is 14.7.